The number of rotatable bonds is 4. The molecule has 0 N–H and O–H groups in total. The quantitative estimate of drug-likeness (QED) is 0.791. The Kier molecular flexibility index (Phi) is 4.57. The van der Waals surface area contributed by atoms with E-state index in [0.29, 0.717) is 17.4 Å². The predicted molar refractivity (Wildman–Crippen MR) is 87.9 cm³/mol. The Morgan fingerprint density at radius 1 is 1.43 bits per heavy atom. The van der Waals surface area contributed by atoms with Gasteiger partial charge in [-0.3, -0.25) is 4.68 Å². The van der Waals surface area contributed by atoms with E-state index in [9.17, 15) is 12.8 Å². The first kappa shape index (κ1) is 16.6. The van der Waals surface area contributed by atoms with Gasteiger partial charge in [0.05, 0.1) is 10.7 Å². The Balaban J connectivity index is 1.89. The molecular weight excluding hydrogens is 385 g/mol. The maximum atomic E-state index is 13.4. The van der Waals surface area contributed by atoms with E-state index in [-0.39, 0.29) is 16.9 Å². The van der Waals surface area contributed by atoms with Crippen LogP contribution in [0.1, 0.15) is 18.4 Å². The van der Waals surface area contributed by atoms with Crippen molar-refractivity contribution in [2.24, 2.45) is 7.05 Å². The summed E-state index contributed by atoms with van der Waals surface area (Å²) in [7, 11) is -2.04. The number of halogens is 2. The molecule has 0 saturated carbocycles. The third-order valence-corrected chi connectivity index (χ3v) is 6.99. The minimum absolute atomic E-state index is 0.156. The molecule has 1 aromatic heterocycles. The zero-order chi connectivity index (χ0) is 16.6. The number of hydrogen-bond acceptors (Lipinski definition) is 3. The van der Waals surface area contributed by atoms with Crippen LogP contribution in [-0.4, -0.2) is 35.1 Å². The third kappa shape index (κ3) is 3.20. The van der Waals surface area contributed by atoms with Gasteiger partial charge in [0.25, 0.3) is 10.0 Å². The van der Waals surface area contributed by atoms with Crippen molar-refractivity contribution in [3.63, 3.8) is 0 Å². The first-order valence-corrected chi connectivity index (χ1v) is 9.56. The van der Waals surface area contributed by atoms with Gasteiger partial charge < -0.3 is 0 Å². The van der Waals surface area contributed by atoms with Gasteiger partial charge in [0, 0.05) is 19.6 Å². The van der Waals surface area contributed by atoms with Crippen molar-refractivity contribution in [2.75, 3.05) is 6.54 Å². The van der Waals surface area contributed by atoms with Crippen molar-refractivity contribution in [1.82, 2.24) is 14.1 Å². The molecule has 1 aromatic carbocycles. The van der Waals surface area contributed by atoms with Gasteiger partial charge in [0.15, 0.2) is 5.03 Å². The third-order valence-electron chi connectivity index (χ3n) is 4.08. The van der Waals surface area contributed by atoms with Crippen LogP contribution >= 0.6 is 15.9 Å². The first-order valence-electron chi connectivity index (χ1n) is 7.33. The van der Waals surface area contributed by atoms with Crippen LogP contribution in [0.3, 0.4) is 0 Å². The number of hydrogen-bond donors (Lipinski definition) is 0. The van der Waals surface area contributed by atoms with Crippen LogP contribution in [0, 0.1) is 5.82 Å². The Morgan fingerprint density at radius 2 is 2.22 bits per heavy atom. The molecule has 2 aromatic rings. The van der Waals surface area contributed by atoms with Crippen molar-refractivity contribution in [3.05, 3.63) is 46.3 Å². The second kappa shape index (κ2) is 6.33. The Hall–Kier alpha value is -1.25. The number of sulfonamides is 1. The van der Waals surface area contributed by atoms with Gasteiger partial charge in [0.2, 0.25) is 0 Å². The van der Waals surface area contributed by atoms with Crippen molar-refractivity contribution < 1.29 is 12.8 Å². The fraction of sp³-hybridized carbons (Fsp3) is 0.400. The predicted octanol–water partition coefficient (Wildman–Crippen LogP) is 2.72. The highest BCUT2D eigenvalue weighted by Crippen LogP contribution is 2.31. The lowest BCUT2D eigenvalue weighted by molar-refractivity contribution is 0.380. The second-order valence-corrected chi connectivity index (χ2v) is 8.33. The van der Waals surface area contributed by atoms with Crippen LogP contribution in [-0.2, 0) is 23.5 Å². The van der Waals surface area contributed by atoms with Gasteiger partial charge >= 0.3 is 0 Å². The average molecular weight is 402 g/mol. The summed E-state index contributed by atoms with van der Waals surface area (Å²) in [5.74, 6) is -0.302. The Bertz CT molecular complexity index is 802. The molecule has 0 aliphatic carbocycles. The van der Waals surface area contributed by atoms with Crippen molar-refractivity contribution in [1.29, 1.82) is 0 Å². The Morgan fingerprint density at radius 3 is 2.87 bits per heavy atom. The summed E-state index contributed by atoms with van der Waals surface area (Å²) in [6.45, 7) is 0.472. The minimum Gasteiger partial charge on any atom is -0.255 e. The van der Waals surface area contributed by atoms with Crippen LogP contribution in [0.2, 0.25) is 0 Å². The van der Waals surface area contributed by atoms with Gasteiger partial charge in [-0.15, -0.1) is 0 Å². The number of aromatic nitrogens is 2. The van der Waals surface area contributed by atoms with Crippen LogP contribution in [0.25, 0.3) is 0 Å². The molecule has 1 saturated heterocycles. The van der Waals surface area contributed by atoms with E-state index in [0.717, 1.165) is 18.4 Å². The van der Waals surface area contributed by atoms with Gasteiger partial charge in [-0.1, -0.05) is 12.1 Å². The van der Waals surface area contributed by atoms with E-state index in [1.54, 1.807) is 13.1 Å². The summed E-state index contributed by atoms with van der Waals surface area (Å²) in [5.41, 5.74) is 0.807. The number of nitrogens with zero attached hydrogens (tertiary/aromatic N) is 3. The molecule has 1 aliphatic rings. The summed E-state index contributed by atoms with van der Waals surface area (Å²) >= 11 is 3.26. The summed E-state index contributed by atoms with van der Waals surface area (Å²) in [6.07, 6.45) is 3.55. The summed E-state index contributed by atoms with van der Waals surface area (Å²) < 4.78 is 42.6. The fourth-order valence-corrected chi connectivity index (χ4v) is 5.87. The van der Waals surface area contributed by atoms with Crippen molar-refractivity contribution in [2.45, 2.75) is 30.3 Å². The molecule has 2 heterocycles. The van der Waals surface area contributed by atoms with Gasteiger partial charge in [-0.05, 0) is 52.9 Å². The summed E-state index contributed by atoms with van der Waals surface area (Å²) in [6, 6.07) is 6.16. The smallest absolute Gasteiger partial charge is 0.255 e. The van der Waals surface area contributed by atoms with Crippen LogP contribution in [0.5, 0.6) is 0 Å². The molecule has 0 radical (unpaired) electrons. The molecule has 8 heteroatoms. The van der Waals surface area contributed by atoms with Crippen LogP contribution in [0.4, 0.5) is 4.39 Å². The van der Waals surface area contributed by atoms with E-state index >= 15 is 0 Å². The lowest BCUT2D eigenvalue weighted by Crippen LogP contribution is -2.37. The molecule has 1 aliphatic heterocycles. The summed E-state index contributed by atoms with van der Waals surface area (Å²) in [4.78, 5) is 0. The molecule has 124 valence electrons. The van der Waals surface area contributed by atoms with Gasteiger partial charge in [-0.25, -0.2) is 12.8 Å². The number of benzene rings is 1. The molecule has 0 amide bonds. The largest absolute Gasteiger partial charge is 0.261 e. The first-order chi connectivity index (χ1) is 10.9. The normalized spacial score (nSPS) is 19.3. The standard InChI is InChI=1S/C15H17BrFN3O2S/c1-19-15(14(16)10-18-19)23(21,22)20-7-3-6-13(20)9-11-4-2-5-12(17)8-11/h2,4-5,8,10,13H,3,6-7,9H2,1H3. The molecule has 5 nitrogen and oxygen atoms in total. The molecular formula is C15H17BrFN3O2S. The molecule has 0 spiro atoms. The average Bonchev–Trinajstić information content (AvgIpc) is 3.06. The highest BCUT2D eigenvalue weighted by atomic mass is 79.9. The SMILES string of the molecule is Cn1ncc(Br)c1S(=O)(=O)N1CCCC1Cc1cccc(F)c1. The lowest BCUT2D eigenvalue weighted by atomic mass is 10.0. The van der Waals surface area contributed by atoms with E-state index < -0.39 is 10.0 Å². The summed E-state index contributed by atoms with van der Waals surface area (Å²) in [5, 5.41) is 4.14. The molecule has 1 unspecified atom stereocenters. The molecule has 23 heavy (non-hydrogen) atoms. The van der Waals surface area contributed by atoms with Crippen molar-refractivity contribution in [3.8, 4) is 0 Å². The maximum Gasteiger partial charge on any atom is 0.261 e. The molecule has 3 rings (SSSR count). The lowest BCUT2D eigenvalue weighted by Gasteiger charge is -2.24. The van der Waals surface area contributed by atoms with Crippen LogP contribution < -0.4 is 0 Å². The van der Waals surface area contributed by atoms with Gasteiger partial charge in [-0.2, -0.15) is 9.40 Å². The molecule has 1 atom stereocenters. The van der Waals surface area contributed by atoms with E-state index in [1.165, 1.54) is 27.3 Å². The van der Waals surface area contributed by atoms with E-state index in [4.69, 9.17) is 0 Å². The number of aryl methyl sites for hydroxylation is 1. The Labute approximate surface area is 143 Å². The topological polar surface area (TPSA) is 55.2 Å². The molecule has 0 bridgehead atoms. The monoisotopic (exact) mass is 401 g/mol. The highest BCUT2D eigenvalue weighted by Gasteiger charge is 2.38. The minimum atomic E-state index is -3.64. The maximum absolute atomic E-state index is 13.4. The van der Waals surface area contributed by atoms with Gasteiger partial charge in [0.1, 0.15) is 5.82 Å². The fourth-order valence-electron chi connectivity index (χ4n) is 3.07. The molecule has 1 fully saturated rings. The zero-order valence-corrected chi connectivity index (χ0v) is 15.0. The highest BCUT2D eigenvalue weighted by molar-refractivity contribution is 9.10. The van der Waals surface area contributed by atoms with Crippen LogP contribution in [0.15, 0.2) is 40.0 Å². The zero-order valence-electron chi connectivity index (χ0n) is 12.6. The van der Waals surface area contributed by atoms with Crippen molar-refractivity contribution >= 4 is 26.0 Å². The second-order valence-electron chi connectivity index (χ2n) is 5.67. The van der Waals surface area contributed by atoms with E-state index in [2.05, 4.69) is 21.0 Å². The van der Waals surface area contributed by atoms with E-state index in [1.807, 2.05) is 6.07 Å².